The third-order valence-electron chi connectivity index (χ3n) is 4.42. The predicted octanol–water partition coefficient (Wildman–Crippen LogP) is 1.87. The number of hydrogen-bond acceptors (Lipinski definition) is 6. The summed E-state index contributed by atoms with van der Waals surface area (Å²) in [5, 5.41) is 4.90. The molecule has 2 aromatic heterocycles. The fraction of sp³-hybridized carbons (Fsp3) is 0.333. The zero-order valence-electron chi connectivity index (χ0n) is 14.6. The molecule has 0 spiro atoms. The highest BCUT2D eigenvalue weighted by atomic mass is 32.2. The summed E-state index contributed by atoms with van der Waals surface area (Å²) in [5.41, 5.74) is 2.49. The molecule has 1 aliphatic rings. The Bertz CT molecular complexity index is 886. The number of hydrogen-bond donors (Lipinski definition) is 0. The molecule has 0 N–H and O–H groups in total. The molecule has 3 aromatic rings. The maximum absolute atomic E-state index is 12.5. The van der Waals surface area contributed by atoms with E-state index in [4.69, 9.17) is 0 Å². The van der Waals surface area contributed by atoms with Gasteiger partial charge in [-0.05, 0) is 30.7 Å². The summed E-state index contributed by atoms with van der Waals surface area (Å²) < 4.78 is 1.62. The molecule has 0 saturated carbocycles. The number of aromatic nitrogens is 4. The molecular weight excluding hydrogens is 348 g/mol. The number of thioether (sulfide) groups is 1. The Morgan fingerprint density at radius 3 is 2.81 bits per heavy atom. The maximum atomic E-state index is 12.5. The fourth-order valence-electron chi connectivity index (χ4n) is 3.03. The lowest BCUT2D eigenvalue weighted by atomic mass is 10.2. The van der Waals surface area contributed by atoms with E-state index in [1.807, 2.05) is 4.90 Å². The van der Waals surface area contributed by atoms with Crippen LogP contribution in [-0.2, 0) is 4.79 Å². The molecule has 1 amide bonds. The van der Waals surface area contributed by atoms with E-state index in [-0.39, 0.29) is 5.91 Å². The largest absolute Gasteiger partial charge is 0.368 e. The van der Waals surface area contributed by atoms with E-state index in [9.17, 15) is 4.79 Å². The van der Waals surface area contributed by atoms with Gasteiger partial charge in [-0.25, -0.2) is 9.50 Å². The second-order valence-corrected chi connectivity index (χ2v) is 7.20. The molecule has 0 bridgehead atoms. The average molecular weight is 368 g/mol. The van der Waals surface area contributed by atoms with Gasteiger partial charge in [-0.3, -0.25) is 4.79 Å². The minimum Gasteiger partial charge on any atom is -0.368 e. The van der Waals surface area contributed by atoms with Gasteiger partial charge in [0, 0.05) is 44.3 Å². The van der Waals surface area contributed by atoms with Crippen LogP contribution in [0, 0.1) is 6.92 Å². The number of nitrogens with zero attached hydrogens (tertiary/aromatic N) is 6. The highest BCUT2D eigenvalue weighted by Gasteiger charge is 2.21. The summed E-state index contributed by atoms with van der Waals surface area (Å²) in [6.45, 7) is 5.30. The van der Waals surface area contributed by atoms with Gasteiger partial charge in [0.25, 0.3) is 5.78 Å². The zero-order chi connectivity index (χ0) is 17.9. The molecule has 0 unspecified atom stereocenters. The Morgan fingerprint density at radius 2 is 2.04 bits per heavy atom. The second kappa shape index (κ2) is 7.33. The molecule has 134 valence electrons. The van der Waals surface area contributed by atoms with Crippen molar-refractivity contribution in [1.82, 2.24) is 24.5 Å². The third-order valence-corrected chi connectivity index (χ3v) is 5.24. The van der Waals surface area contributed by atoms with Gasteiger partial charge in [0.05, 0.1) is 5.75 Å². The highest BCUT2D eigenvalue weighted by Crippen LogP contribution is 2.19. The molecule has 1 aliphatic heterocycles. The number of amides is 1. The van der Waals surface area contributed by atoms with Gasteiger partial charge in [-0.1, -0.05) is 23.9 Å². The third kappa shape index (κ3) is 3.65. The zero-order valence-corrected chi connectivity index (χ0v) is 15.4. The molecule has 8 heteroatoms. The van der Waals surface area contributed by atoms with Gasteiger partial charge in [0.15, 0.2) is 0 Å². The summed E-state index contributed by atoms with van der Waals surface area (Å²) in [6.07, 6.45) is 3.48. The van der Waals surface area contributed by atoms with Crippen molar-refractivity contribution in [2.24, 2.45) is 0 Å². The molecule has 1 aromatic carbocycles. The Morgan fingerprint density at radius 1 is 1.19 bits per heavy atom. The monoisotopic (exact) mass is 368 g/mol. The molecule has 0 radical (unpaired) electrons. The van der Waals surface area contributed by atoms with E-state index < -0.39 is 0 Å². The van der Waals surface area contributed by atoms with Gasteiger partial charge in [-0.2, -0.15) is 4.98 Å². The smallest absolute Gasteiger partial charge is 0.253 e. The minimum absolute atomic E-state index is 0.130. The Balaban J connectivity index is 1.30. The number of benzene rings is 1. The van der Waals surface area contributed by atoms with E-state index >= 15 is 0 Å². The Labute approximate surface area is 156 Å². The first kappa shape index (κ1) is 16.8. The first-order valence-corrected chi connectivity index (χ1v) is 9.57. The number of aryl methyl sites for hydroxylation is 1. The second-order valence-electron chi connectivity index (χ2n) is 6.25. The number of carbonyl (C=O) groups is 1. The van der Waals surface area contributed by atoms with Crippen LogP contribution >= 0.6 is 11.8 Å². The molecule has 4 rings (SSSR count). The van der Waals surface area contributed by atoms with Crippen LogP contribution in [0.5, 0.6) is 0 Å². The van der Waals surface area contributed by atoms with Gasteiger partial charge >= 0.3 is 0 Å². The van der Waals surface area contributed by atoms with Crippen molar-refractivity contribution in [3.63, 3.8) is 0 Å². The van der Waals surface area contributed by atoms with Crippen molar-refractivity contribution in [3.8, 4) is 0 Å². The molecule has 1 fully saturated rings. The summed E-state index contributed by atoms with van der Waals surface area (Å²) >= 11 is 1.36. The lowest BCUT2D eigenvalue weighted by Crippen LogP contribution is -2.49. The molecule has 26 heavy (non-hydrogen) atoms. The maximum Gasteiger partial charge on any atom is 0.253 e. The van der Waals surface area contributed by atoms with E-state index in [0.29, 0.717) is 16.7 Å². The van der Waals surface area contributed by atoms with Crippen LogP contribution in [-0.4, -0.2) is 62.3 Å². The standard InChI is InChI=1S/C18H20N6OS/c1-14-4-2-5-15(12-14)22-8-10-23(11-9-22)16(25)13-26-18-20-17-19-6-3-7-24(17)21-18/h2-7,12H,8-11,13H2,1H3. The highest BCUT2D eigenvalue weighted by molar-refractivity contribution is 7.99. The minimum atomic E-state index is 0.130. The van der Waals surface area contributed by atoms with Crippen LogP contribution in [0.4, 0.5) is 5.69 Å². The number of carbonyl (C=O) groups excluding carboxylic acids is 1. The van der Waals surface area contributed by atoms with Crippen LogP contribution in [0.25, 0.3) is 5.78 Å². The van der Waals surface area contributed by atoms with Crippen molar-refractivity contribution in [2.75, 3.05) is 36.8 Å². The summed E-state index contributed by atoms with van der Waals surface area (Å²) in [4.78, 5) is 25.2. The van der Waals surface area contributed by atoms with Crippen molar-refractivity contribution in [2.45, 2.75) is 12.1 Å². The fourth-order valence-corrected chi connectivity index (χ4v) is 3.76. The van der Waals surface area contributed by atoms with Gasteiger partial charge < -0.3 is 9.80 Å². The molecule has 7 nitrogen and oxygen atoms in total. The Kier molecular flexibility index (Phi) is 4.75. The number of piperazine rings is 1. The van der Waals surface area contributed by atoms with E-state index in [2.05, 4.69) is 51.2 Å². The van der Waals surface area contributed by atoms with E-state index in [1.54, 1.807) is 23.0 Å². The lowest BCUT2D eigenvalue weighted by Gasteiger charge is -2.36. The van der Waals surface area contributed by atoms with Crippen molar-refractivity contribution in [1.29, 1.82) is 0 Å². The molecular formula is C18H20N6OS. The van der Waals surface area contributed by atoms with Gasteiger partial charge in [0.1, 0.15) is 0 Å². The number of anilines is 1. The van der Waals surface area contributed by atoms with Crippen LogP contribution in [0.2, 0.25) is 0 Å². The topological polar surface area (TPSA) is 66.6 Å². The normalized spacial score (nSPS) is 14.8. The summed E-state index contributed by atoms with van der Waals surface area (Å²) in [5.74, 6) is 1.03. The van der Waals surface area contributed by atoms with Crippen molar-refractivity contribution >= 4 is 29.1 Å². The van der Waals surface area contributed by atoms with Crippen LogP contribution in [0.1, 0.15) is 5.56 Å². The van der Waals surface area contributed by atoms with Crippen LogP contribution < -0.4 is 4.90 Å². The van der Waals surface area contributed by atoms with E-state index in [1.165, 1.54) is 23.0 Å². The number of rotatable bonds is 4. The van der Waals surface area contributed by atoms with Gasteiger partial charge in [-0.15, -0.1) is 5.10 Å². The molecule has 0 atom stereocenters. The molecule has 0 aliphatic carbocycles. The predicted molar refractivity (Wildman–Crippen MR) is 101 cm³/mol. The van der Waals surface area contributed by atoms with Crippen molar-refractivity contribution < 1.29 is 4.79 Å². The van der Waals surface area contributed by atoms with Crippen LogP contribution in [0.15, 0.2) is 47.9 Å². The summed E-state index contributed by atoms with van der Waals surface area (Å²) in [7, 11) is 0. The lowest BCUT2D eigenvalue weighted by molar-refractivity contribution is -0.128. The average Bonchev–Trinajstić information content (AvgIpc) is 3.09. The molecule has 1 saturated heterocycles. The quantitative estimate of drug-likeness (QED) is 0.655. The first-order chi connectivity index (χ1) is 12.7. The molecule has 3 heterocycles. The Hall–Kier alpha value is -2.61. The van der Waals surface area contributed by atoms with Crippen LogP contribution in [0.3, 0.4) is 0 Å². The summed E-state index contributed by atoms with van der Waals surface area (Å²) in [6, 6.07) is 10.3. The van der Waals surface area contributed by atoms with Gasteiger partial charge in [0.2, 0.25) is 11.1 Å². The van der Waals surface area contributed by atoms with Crippen molar-refractivity contribution in [3.05, 3.63) is 48.3 Å². The first-order valence-electron chi connectivity index (χ1n) is 8.59. The van der Waals surface area contributed by atoms with E-state index in [0.717, 1.165) is 26.2 Å². The SMILES string of the molecule is Cc1cccc(N2CCN(C(=O)CSc3nc4ncccn4n3)CC2)c1. The number of fused-ring (bicyclic) bond motifs is 1.